The second-order valence-corrected chi connectivity index (χ2v) is 7.70. The van der Waals surface area contributed by atoms with E-state index in [1.165, 1.54) is 12.1 Å². The molecule has 2 heterocycles. The summed E-state index contributed by atoms with van der Waals surface area (Å²) in [5, 5.41) is 10.9. The van der Waals surface area contributed by atoms with Gasteiger partial charge >= 0.3 is 0 Å². The fourth-order valence-corrected chi connectivity index (χ4v) is 4.33. The normalized spacial score (nSPS) is 15.6. The lowest BCUT2D eigenvalue weighted by atomic mass is 9.86. The van der Waals surface area contributed by atoms with E-state index in [2.05, 4.69) is 4.90 Å². The van der Waals surface area contributed by atoms with Crippen LogP contribution in [0.5, 0.6) is 11.5 Å². The quantitative estimate of drug-likeness (QED) is 0.474. The Kier molecular flexibility index (Phi) is 4.78. The molecule has 31 heavy (non-hydrogen) atoms. The maximum absolute atomic E-state index is 13.6. The van der Waals surface area contributed by atoms with Crippen LogP contribution >= 0.6 is 0 Å². The Morgan fingerprint density at radius 1 is 0.839 bits per heavy atom. The summed E-state index contributed by atoms with van der Waals surface area (Å²) in [6.45, 7) is 2.54. The van der Waals surface area contributed by atoms with Crippen molar-refractivity contribution in [2.75, 3.05) is 31.1 Å². The highest BCUT2D eigenvalue weighted by atomic mass is 16.6. The minimum Gasteiger partial charge on any atom is -0.457 e. The Labute approximate surface area is 179 Å². The van der Waals surface area contributed by atoms with E-state index in [4.69, 9.17) is 4.74 Å². The van der Waals surface area contributed by atoms with Crippen molar-refractivity contribution in [3.8, 4) is 11.5 Å². The number of piperazine rings is 1. The molecular formula is C24H21N3O4. The second kappa shape index (κ2) is 7.75. The molecule has 0 saturated carbocycles. The summed E-state index contributed by atoms with van der Waals surface area (Å²) in [4.78, 5) is 28.2. The van der Waals surface area contributed by atoms with Gasteiger partial charge in [-0.1, -0.05) is 36.4 Å². The van der Waals surface area contributed by atoms with Crippen molar-refractivity contribution in [3.63, 3.8) is 0 Å². The third-order valence-corrected chi connectivity index (χ3v) is 5.94. The zero-order valence-electron chi connectivity index (χ0n) is 16.8. The van der Waals surface area contributed by atoms with Crippen molar-refractivity contribution >= 4 is 17.3 Å². The van der Waals surface area contributed by atoms with Gasteiger partial charge < -0.3 is 14.5 Å². The smallest absolute Gasteiger partial charge is 0.269 e. The molecule has 1 saturated heterocycles. The molecule has 1 amide bonds. The van der Waals surface area contributed by atoms with E-state index in [1.54, 1.807) is 12.1 Å². The number of benzene rings is 3. The van der Waals surface area contributed by atoms with Crippen LogP contribution in [-0.2, 0) is 4.79 Å². The highest BCUT2D eigenvalue weighted by Crippen LogP contribution is 2.44. The number of nitro benzene ring substituents is 1. The Hall–Kier alpha value is -3.87. The van der Waals surface area contributed by atoms with Crippen LogP contribution in [0.2, 0.25) is 0 Å². The van der Waals surface area contributed by atoms with Crippen molar-refractivity contribution in [2.45, 2.75) is 5.92 Å². The summed E-state index contributed by atoms with van der Waals surface area (Å²) in [6, 6.07) is 22.0. The van der Waals surface area contributed by atoms with Crippen molar-refractivity contribution in [3.05, 3.63) is 94.0 Å². The van der Waals surface area contributed by atoms with Gasteiger partial charge in [0.05, 0.1) is 10.8 Å². The largest absolute Gasteiger partial charge is 0.457 e. The lowest BCUT2D eigenvalue weighted by Crippen LogP contribution is -2.50. The molecule has 0 N–H and O–H groups in total. The molecular weight excluding hydrogens is 394 g/mol. The third kappa shape index (κ3) is 3.48. The van der Waals surface area contributed by atoms with E-state index < -0.39 is 4.92 Å². The molecule has 0 unspecified atom stereocenters. The number of amides is 1. The molecule has 2 aliphatic rings. The standard InChI is InChI=1S/C24H21N3O4/c28-24(23-19-5-1-3-7-21(19)31-22-8-4-2-6-20(22)23)26-15-13-25(14-16-26)17-9-11-18(12-10-17)27(29)30/h1-12,23H,13-16H2. The fourth-order valence-electron chi connectivity index (χ4n) is 4.33. The first-order valence-electron chi connectivity index (χ1n) is 10.3. The summed E-state index contributed by atoms with van der Waals surface area (Å²) < 4.78 is 6.02. The minimum atomic E-state index is -0.399. The predicted octanol–water partition coefficient (Wildman–Crippen LogP) is 4.18. The van der Waals surface area contributed by atoms with Crippen molar-refractivity contribution in [1.29, 1.82) is 0 Å². The van der Waals surface area contributed by atoms with Crippen LogP contribution in [0, 0.1) is 10.1 Å². The fraction of sp³-hybridized carbons (Fsp3) is 0.208. The first kappa shape index (κ1) is 19.1. The zero-order chi connectivity index (χ0) is 21.4. The van der Waals surface area contributed by atoms with Gasteiger partial charge in [-0.2, -0.15) is 0 Å². The van der Waals surface area contributed by atoms with Gasteiger partial charge in [-0.25, -0.2) is 0 Å². The number of ether oxygens (including phenoxy) is 1. The number of nitro groups is 1. The number of hydrogen-bond acceptors (Lipinski definition) is 5. The number of carbonyl (C=O) groups is 1. The Morgan fingerprint density at radius 2 is 1.39 bits per heavy atom. The van der Waals surface area contributed by atoms with E-state index in [9.17, 15) is 14.9 Å². The highest BCUT2D eigenvalue weighted by Gasteiger charge is 2.36. The van der Waals surface area contributed by atoms with Crippen LogP contribution in [-0.4, -0.2) is 41.9 Å². The van der Waals surface area contributed by atoms with Crippen LogP contribution < -0.4 is 9.64 Å². The molecule has 156 valence electrons. The molecule has 3 aromatic carbocycles. The first-order chi connectivity index (χ1) is 15.1. The Morgan fingerprint density at radius 3 is 1.94 bits per heavy atom. The molecule has 0 aliphatic carbocycles. The van der Waals surface area contributed by atoms with Gasteiger partial charge in [-0.05, 0) is 24.3 Å². The number of rotatable bonds is 3. The molecule has 7 heteroatoms. The van der Waals surface area contributed by atoms with E-state index in [-0.39, 0.29) is 17.5 Å². The van der Waals surface area contributed by atoms with E-state index in [1.807, 2.05) is 53.4 Å². The number of carbonyl (C=O) groups excluding carboxylic acids is 1. The minimum absolute atomic E-state index is 0.0755. The average molecular weight is 415 g/mol. The summed E-state index contributed by atoms with van der Waals surface area (Å²) in [6.07, 6.45) is 0. The van der Waals surface area contributed by atoms with Gasteiger partial charge in [0.25, 0.3) is 5.69 Å². The van der Waals surface area contributed by atoms with Gasteiger partial charge in [0.1, 0.15) is 11.5 Å². The van der Waals surface area contributed by atoms with Gasteiger partial charge in [0, 0.05) is 55.1 Å². The molecule has 2 aliphatic heterocycles. The molecule has 0 spiro atoms. The molecule has 7 nitrogen and oxygen atoms in total. The first-order valence-corrected chi connectivity index (χ1v) is 10.3. The van der Waals surface area contributed by atoms with Crippen molar-refractivity contribution < 1.29 is 14.5 Å². The maximum atomic E-state index is 13.6. The lowest BCUT2D eigenvalue weighted by Gasteiger charge is -2.38. The molecule has 0 radical (unpaired) electrons. The number of non-ortho nitro benzene ring substituents is 1. The van der Waals surface area contributed by atoms with E-state index >= 15 is 0 Å². The van der Waals surface area contributed by atoms with E-state index in [0.29, 0.717) is 26.2 Å². The van der Waals surface area contributed by atoms with Crippen LogP contribution in [0.3, 0.4) is 0 Å². The summed E-state index contributed by atoms with van der Waals surface area (Å²) in [5.74, 6) is 1.15. The summed E-state index contributed by atoms with van der Waals surface area (Å²) in [5.41, 5.74) is 2.79. The topological polar surface area (TPSA) is 75.9 Å². The summed E-state index contributed by atoms with van der Waals surface area (Å²) >= 11 is 0. The van der Waals surface area contributed by atoms with Crippen molar-refractivity contribution in [1.82, 2.24) is 4.90 Å². The highest BCUT2D eigenvalue weighted by molar-refractivity contribution is 5.90. The molecule has 0 bridgehead atoms. The molecule has 0 atom stereocenters. The van der Waals surface area contributed by atoms with Crippen LogP contribution in [0.15, 0.2) is 72.8 Å². The monoisotopic (exact) mass is 415 g/mol. The number of anilines is 1. The van der Waals surface area contributed by atoms with Gasteiger partial charge in [0.15, 0.2) is 0 Å². The van der Waals surface area contributed by atoms with Crippen LogP contribution in [0.1, 0.15) is 17.0 Å². The second-order valence-electron chi connectivity index (χ2n) is 7.70. The lowest BCUT2D eigenvalue weighted by molar-refractivity contribution is -0.384. The Bertz CT molecular complexity index is 1090. The number of fused-ring (bicyclic) bond motifs is 2. The molecule has 0 aromatic heterocycles. The SMILES string of the molecule is O=C(C1c2ccccc2Oc2ccccc21)N1CCN(c2ccc([N+](=O)[O-])cc2)CC1. The number of para-hydroxylation sites is 2. The Balaban J connectivity index is 1.35. The molecule has 5 rings (SSSR count). The molecule has 1 fully saturated rings. The van der Waals surface area contributed by atoms with E-state index in [0.717, 1.165) is 28.3 Å². The summed E-state index contributed by atoms with van der Waals surface area (Å²) in [7, 11) is 0. The van der Waals surface area contributed by atoms with Crippen LogP contribution in [0.4, 0.5) is 11.4 Å². The van der Waals surface area contributed by atoms with Gasteiger partial charge in [-0.3, -0.25) is 14.9 Å². The van der Waals surface area contributed by atoms with Crippen LogP contribution in [0.25, 0.3) is 0 Å². The predicted molar refractivity (Wildman–Crippen MR) is 117 cm³/mol. The molecule has 3 aromatic rings. The number of nitrogens with zero attached hydrogens (tertiary/aromatic N) is 3. The van der Waals surface area contributed by atoms with Gasteiger partial charge in [0.2, 0.25) is 5.91 Å². The third-order valence-electron chi connectivity index (χ3n) is 5.94. The zero-order valence-corrected chi connectivity index (χ0v) is 16.8. The van der Waals surface area contributed by atoms with Gasteiger partial charge in [-0.15, -0.1) is 0 Å². The van der Waals surface area contributed by atoms with Crippen molar-refractivity contribution in [2.24, 2.45) is 0 Å². The average Bonchev–Trinajstić information content (AvgIpc) is 2.82. The maximum Gasteiger partial charge on any atom is 0.269 e. The number of hydrogen-bond donors (Lipinski definition) is 0.